The Morgan fingerprint density at radius 3 is 2.58 bits per heavy atom. The van der Waals surface area contributed by atoms with Gasteiger partial charge in [0.15, 0.2) is 4.90 Å². The van der Waals surface area contributed by atoms with Crippen LogP contribution >= 0.6 is 0 Å². The summed E-state index contributed by atoms with van der Waals surface area (Å²) >= 11 is -1.41. The van der Waals surface area contributed by atoms with Crippen molar-refractivity contribution >= 4 is 11.4 Å². The van der Waals surface area contributed by atoms with E-state index < -0.39 is 11.4 Å². The van der Waals surface area contributed by atoms with Gasteiger partial charge in [0.2, 0.25) is 0 Å². The maximum absolute atomic E-state index is 10.8. The van der Waals surface area contributed by atoms with Crippen molar-refractivity contribution in [3.8, 4) is 5.75 Å². The van der Waals surface area contributed by atoms with Gasteiger partial charge < -0.3 is 9.29 Å². The lowest BCUT2D eigenvalue weighted by molar-refractivity contribution is 0.411. The van der Waals surface area contributed by atoms with E-state index in [1.165, 1.54) is 0 Å². The zero-order chi connectivity index (χ0) is 9.14. The van der Waals surface area contributed by atoms with Crippen LogP contribution in [-0.2, 0) is 11.4 Å². The van der Waals surface area contributed by atoms with E-state index in [-0.39, 0.29) is 0 Å². The third kappa shape index (κ3) is 1.91. The summed E-state index contributed by atoms with van der Waals surface area (Å²) in [7, 11) is 1.60. The number of benzene rings is 1. The van der Waals surface area contributed by atoms with Crippen molar-refractivity contribution in [2.24, 2.45) is 5.14 Å². The number of methoxy groups -OCH3 is 1. The topological polar surface area (TPSA) is 58.3 Å². The average Bonchev–Trinajstić information content (AvgIpc) is 2.04. The van der Waals surface area contributed by atoms with Gasteiger partial charge in [-0.3, -0.25) is 0 Å². The summed E-state index contributed by atoms with van der Waals surface area (Å²) in [6.45, 7) is 1.88. The Labute approximate surface area is 74.8 Å². The first kappa shape index (κ1) is 9.38. The summed E-state index contributed by atoms with van der Waals surface area (Å²) in [5.74, 6) is 0.782. The zero-order valence-electron chi connectivity index (χ0n) is 7.03. The number of hydrogen-bond acceptors (Lipinski definition) is 3. The third-order valence-electron chi connectivity index (χ3n) is 1.60. The van der Waals surface area contributed by atoms with Crippen LogP contribution in [-0.4, -0.2) is 11.7 Å². The summed E-state index contributed by atoms with van der Waals surface area (Å²) in [6.07, 6.45) is 0. The van der Waals surface area contributed by atoms with Crippen molar-refractivity contribution in [3.63, 3.8) is 0 Å². The van der Waals surface area contributed by atoms with Gasteiger partial charge in [0.1, 0.15) is 5.75 Å². The monoisotopic (exact) mass is 185 g/mol. The lowest BCUT2D eigenvalue weighted by atomic mass is 10.2. The highest BCUT2D eigenvalue weighted by atomic mass is 32.2. The predicted molar refractivity (Wildman–Crippen MR) is 48.3 cm³/mol. The van der Waals surface area contributed by atoms with E-state index in [0.717, 1.165) is 11.3 Å². The van der Waals surface area contributed by atoms with Gasteiger partial charge in [-0.05, 0) is 24.6 Å². The van der Waals surface area contributed by atoms with E-state index in [0.29, 0.717) is 4.90 Å². The molecule has 1 atom stereocenters. The Kier molecular flexibility index (Phi) is 2.97. The molecule has 0 unspecified atom stereocenters. The van der Waals surface area contributed by atoms with Gasteiger partial charge in [0.25, 0.3) is 0 Å². The first-order chi connectivity index (χ1) is 5.65. The molecule has 66 valence electrons. The maximum atomic E-state index is 10.8. The van der Waals surface area contributed by atoms with Crippen LogP contribution in [0.1, 0.15) is 5.56 Å². The van der Waals surface area contributed by atoms with Gasteiger partial charge in [-0.2, -0.15) is 0 Å². The van der Waals surface area contributed by atoms with Crippen molar-refractivity contribution in [2.75, 3.05) is 7.11 Å². The lowest BCUT2D eigenvalue weighted by Crippen LogP contribution is -2.12. The second-order valence-electron chi connectivity index (χ2n) is 2.43. The van der Waals surface area contributed by atoms with Gasteiger partial charge >= 0.3 is 0 Å². The Morgan fingerprint density at radius 1 is 1.50 bits per heavy atom. The maximum Gasteiger partial charge on any atom is 0.174 e. The molecule has 12 heavy (non-hydrogen) atoms. The third-order valence-corrected chi connectivity index (χ3v) is 2.32. The van der Waals surface area contributed by atoms with Crippen molar-refractivity contribution in [1.82, 2.24) is 0 Å². The largest absolute Gasteiger partial charge is 0.593 e. The van der Waals surface area contributed by atoms with Gasteiger partial charge in [0.05, 0.1) is 18.5 Å². The van der Waals surface area contributed by atoms with Crippen LogP contribution in [0.25, 0.3) is 0 Å². The number of rotatable bonds is 2. The Balaban J connectivity index is 3.02. The van der Waals surface area contributed by atoms with E-state index in [9.17, 15) is 4.55 Å². The Bertz CT molecular complexity index is 276. The highest BCUT2D eigenvalue weighted by Gasteiger charge is 2.07. The quantitative estimate of drug-likeness (QED) is 0.699. The highest BCUT2D eigenvalue weighted by molar-refractivity contribution is 7.89. The van der Waals surface area contributed by atoms with Crippen LogP contribution in [0, 0.1) is 6.92 Å². The first-order valence-electron chi connectivity index (χ1n) is 3.46. The summed E-state index contributed by atoms with van der Waals surface area (Å²) < 4.78 is 15.9. The molecular weight excluding hydrogens is 174 g/mol. The van der Waals surface area contributed by atoms with Crippen LogP contribution in [0.3, 0.4) is 0 Å². The minimum Gasteiger partial charge on any atom is -0.593 e. The van der Waals surface area contributed by atoms with E-state index in [2.05, 4.69) is 0 Å². The summed E-state index contributed by atoms with van der Waals surface area (Å²) in [4.78, 5) is 0.619. The van der Waals surface area contributed by atoms with Crippen molar-refractivity contribution in [2.45, 2.75) is 11.8 Å². The van der Waals surface area contributed by atoms with Crippen LogP contribution in [0.15, 0.2) is 23.1 Å². The molecule has 0 radical (unpaired) electrons. The first-order valence-corrected chi connectivity index (χ1v) is 4.67. The standard InChI is InChI=1S/C8H11NO2S/c1-6-5-7(12(9)10)3-4-8(6)11-2/h3-5H,9H2,1-2H3/t12-/m1/s1. The second-order valence-corrected chi connectivity index (χ2v) is 3.50. The van der Waals surface area contributed by atoms with Gasteiger partial charge in [-0.1, -0.05) is 0 Å². The fourth-order valence-corrected chi connectivity index (χ4v) is 1.47. The predicted octanol–water partition coefficient (Wildman–Crippen LogP) is 0.985. The van der Waals surface area contributed by atoms with Crippen LogP contribution in [0.4, 0.5) is 0 Å². The minimum absolute atomic E-state index is 0.619. The van der Waals surface area contributed by atoms with Crippen molar-refractivity contribution < 1.29 is 9.29 Å². The molecule has 0 aromatic heterocycles. The zero-order valence-corrected chi connectivity index (χ0v) is 7.85. The van der Waals surface area contributed by atoms with E-state index in [1.54, 1.807) is 25.3 Å². The lowest BCUT2D eigenvalue weighted by Gasteiger charge is -2.06. The van der Waals surface area contributed by atoms with E-state index in [4.69, 9.17) is 9.88 Å². The Morgan fingerprint density at radius 2 is 2.17 bits per heavy atom. The number of hydrogen-bond donors (Lipinski definition) is 1. The molecule has 0 aliphatic carbocycles. The highest BCUT2D eigenvalue weighted by Crippen LogP contribution is 2.20. The fraction of sp³-hybridized carbons (Fsp3) is 0.250. The van der Waals surface area contributed by atoms with E-state index in [1.807, 2.05) is 6.92 Å². The molecule has 1 aromatic carbocycles. The Hall–Kier alpha value is -0.710. The van der Waals surface area contributed by atoms with Crippen LogP contribution in [0.5, 0.6) is 5.75 Å². The van der Waals surface area contributed by atoms with Crippen molar-refractivity contribution in [3.05, 3.63) is 23.8 Å². The molecular formula is C8H11NO2S. The molecule has 0 saturated heterocycles. The molecule has 0 saturated carbocycles. The fourth-order valence-electron chi connectivity index (χ4n) is 0.976. The van der Waals surface area contributed by atoms with Crippen molar-refractivity contribution in [1.29, 1.82) is 0 Å². The molecule has 1 aromatic rings. The molecule has 4 heteroatoms. The molecule has 0 amide bonds. The molecule has 0 aliphatic heterocycles. The van der Waals surface area contributed by atoms with E-state index >= 15 is 0 Å². The molecule has 0 spiro atoms. The molecule has 0 aliphatic rings. The van der Waals surface area contributed by atoms with Gasteiger partial charge in [0, 0.05) is 6.07 Å². The minimum atomic E-state index is -1.41. The second kappa shape index (κ2) is 3.80. The SMILES string of the molecule is COc1ccc([S@+](N)[O-])cc1C. The number of aryl methyl sites for hydroxylation is 1. The smallest absolute Gasteiger partial charge is 0.174 e. The summed E-state index contributed by atoms with van der Waals surface area (Å²) in [5.41, 5.74) is 0.939. The van der Waals surface area contributed by atoms with Crippen LogP contribution < -0.4 is 9.88 Å². The van der Waals surface area contributed by atoms with Gasteiger partial charge in [-0.25, -0.2) is 0 Å². The molecule has 0 fully saturated rings. The molecule has 1 rings (SSSR count). The average molecular weight is 185 g/mol. The van der Waals surface area contributed by atoms with Gasteiger partial charge in [-0.15, -0.1) is 5.14 Å². The summed E-state index contributed by atoms with van der Waals surface area (Å²) in [6, 6.07) is 5.21. The normalized spacial score (nSPS) is 12.7. The molecule has 0 bridgehead atoms. The molecule has 0 heterocycles. The number of ether oxygens (including phenoxy) is 1. The van der Waals surface area contributed by atoms with Crippen LogP contribution in [0.2, 0.25) is 0 Å². The summed E-state index contributed by atoms with van der Waals surface area (Å²) in [5, 5.41) is 5.21. The number of nitrogens with two attached hydrogens (primary N) is 1. The molecule has 3 nitrogen and oxygen atoms in total. The molecule has 2 N–H and O–H groups in total.